The first kappa shape index (κ1) is 8.61. The number of carboxylic acid groups (broad SMARTS) is 2. The Morgan fingerprint density at radius 3 is 2.20 bits per heavy atom. The van der Waals surface area contributed by atoms with Crippen LogP contribution < -0.4 is 0 Å². The van der Waals surface area contributed by atoms with Crippen LogP contribution >= 0.6 is 0 Å². The average Bonchev–Trinajstić information content (AvgIpc) is 1.58. The van der Waals surface area contributed by atoms with E-state index in [1.807, 2.05) is 0 Å². The smallest absolute Gasteiger partial charge is 0.330 e. The molecule has 0 aliphatic carbocycles. The summed E-state index contributed by atoms with van der Waals surface area (Å²) in [7, 11) is 0. The zero-order chi connectivity index (χ0) is 8.15. The summed E-state index contributed by atoms with van der Waals surface area (Å²) in [4.78, 5) is 19.4. The summed E-state index contributed by atoms with van der Waals surface area (Å²) in [5, 5.41) is 15.8. The predicted octanol–water partition coefficient (Wildman–Crippen LogP) is 0.399. The molecule has 0 heterocycles. The van der Waals surface area contributed by atoms with Gasteiger partial charge in [0.15, 0.2) is 0 Å². The molecule has 2 N–H and O–H groups in total. The first-order valence-electron chi connectivity index (χ1n) is 2.33. The third-order valence-corrected chi connectivity index (χ3v) is 0.600. The first-order chi connectivity index (χ1) is 4.52. The number of carboxylic acids is 2. The van der Waals surface area contributed by atoms with Gasteiger partial charge in [0, 0.05) is 0 Å². The zero-order valence-corrected chi connectivity index (χ0v) is 4.87. The van der Waals surface area contributed by atoms with Gasteiger partial charge in [-0.25, -0.2) is 9.18 Å². The fraction of sp³-hybridized carbons (Fsp3) is 0.200. The molecule has 0 bridgehead atoms. The first-order valence-corrected chi connectivity index (χ1v) is 2.33. The molecule has 0 aliphatic rings. The molecule has 0 saturated carbocycles. The fourth-order valence-electron chi connectivity index (χ4n) is 0.329. The Morgan fingerprint density at radius 1 is 1.40 bits per heavy atom. The van der Waals surface area contributed by atoms with E-state index in [2.05, 4.69) is 0 Å². The molecule has 0 fully saturated rings. The van der Waals surface area contributed by atoms with Gasteiger partial charge in [0.2, 0.25) is 0 Å². The van der Waals surface area contributed by atoms with E-state index in [-0.39, 0.29) is 6.08 Å². The second-order valence-corrected chi connectivity index (χ2v) is 1.50. The highest BCUT2D eigenvalue weighted by atomic mass is 19.1. The molecule has 0 amide bonds. The van der Waals surface area contributed by atoms with E-state index in [0.717, 1.165) is 0 Å². The maximum absolute atomic E-state index is 12.0. The quantitative estimate of drug-likeness (QED) is 0.568. The maximum Gasteiger partial charge on any atom is 0.330 e. The van der Waals surface area contributed by atoms with Gasteiger partial charge in [-0.2, -0.15) is 0 Å². The number of hydrogen-bond donors (Lipinski definition) is 2. The van der Waals surface area contributed by atoms with Crippen LogP contribution in [0.4, 0.5) is 4.39 Å². The van der Waals surface area contributed by atoms with Gasteiger partial charge in [-0.15, -0.1) is 0 Å². The second-order valence-electron chi connectivity index (χ2n) is 1.50. The van der Waals surface area contributed by atoms with Gasteiger partial charge in [0.25, 0.3) is 0 Å². The molecule has 0 rings (SSSR count). The summed E-state index contributed by atoms with van der Waals surface area (Å²) in [6.45, 7) is 0. The van der Waals surface area contributed by atoms with Gasteiger partial charge in [-0.1, -0.05) is 0 Å². The van der Waals surface area contributed by atoms with E-state index in [9.17, 15) is 14.0 Å². The van der Waals surface area contributed by atoms with E-state index in [1.54, 1.807) is 0 Å². The molecule has 0 unspecified atom stereocenters. The largest absolute Gasteiger partial charge is 0.481 e. The number of aliphatic carboxylic acids is 2. The highest BCUT2D eigenvalue weighted by Crippen LogP contribution is 2.01. The van der Waals surface area contributed by atoms with E-state index in [1.165, 1.54) is 0 Å². The lowest BCUT2D eigenvalue weighted by atomic mass is 10.3. The third kappa shape index (κ3) is 4.76. The Labute approximate surface area is 55.6 Å². The van der Waals surface area contributed by atoms with Crippen molar-refractivity contribution in [1.82, 2.24) is 0 Å². The summed E-state index contributed by atoms with van der Waals surface area (Å²) in [6, 6.07) is 0. The van der Waals surface area contributed by atoms with Crippen LogP contribution in [-0.2, 0) is 9.59 Å². The number of halogens is 1. The van der Waals surface area contributed by atoms with Crippen LogP contribution in [0, 0.1) is 0 Å². The molecular weight excluding hydrogens is 143 g/mol. The summed E-state index contributed by atoms with van der Waals surface area (Å²) in [5.41, 5.74) is 0. The van der Waals surface area contributed by atoms with Crippen molar-refractivity contribution in [2.45, 2.75) is 6.42 Å². The molecular formula is C5H5FO4. The Kier molecular flexibility index (Phi) is 3.10. The average molecular weight is 148 g/mol. The zero-order valence-electron chi connectivity index (χ0n) is 4.87. The van der Waals surface area contributed by atoms with Crippen molar-refractivity contribution in [3.8, 4) is 0 Å². The second kappa shape index (κ2) is 3.60. The van der Waals surface area contributed by atoms with Crippen LogP contribution in [-0.4, -0.2) is 22.2 Å². The molecule has 0 aromatic rings. The van der Waals surface area contributed by atoms with Gasteiger partial charge in [-0.05, 0) is 0 Å². The van der Waals surface area contributed by atoms with E-state index >= 15 is 0 Å². The van der Waals surface area contributed by atoms with Crippen LogP contribution in [0.5, 0.6) is 0 Å². The molecule has 0 spiro atoms. The van der Waals surface area contributed by atoms with Crippen molar-refractivity contribution in [3.05, 3.63) is 11.9 Å². The van der Waals surface area contributed by atoms with Crippen LogP contribution in [0.2, 0.25) is 0 Å². The highest BCUT2D eigenvalue weighted by Gasteiger charge is 2.03. The van der Waals surface area contributed by atoms with Crippen molar-refractivity contribution in [2.24, 2.45) is 0 Å². The number of carbonyl (C=O) groups is 2. The normalized spacial score (nSPS) is 11.1. The molecule has 0 aromatic carbocycles. The maximum atomic E-state index is 12.0. The topological polar surface area (TPSA) is 74.6 Å². The van der Waals surface area contributed by atoms with Gasteiger partial charge in [-0.3, -0.25) is 4.79 Å². The highest BCUT2D eigenvalue weighted by molar-refractivity contribution is 5.81. The Bertz CT molecular complexity index is 184. The molecule has 5 heteroatoms. The summed E-state index contributed by atoms with van der Waals surface area (Å²) < 4.78 is 12.0. The Morgan fingerprint density at radius 2 is 1.90 bits per heavy atom. The Balaban J connectivity index is 3.95. The van der Waals surface area contributed by atoms with E-state index in [0.29, 0.717) is 0 Å². The minimum Gasteiger partial charge on any atom is -0.481 e. The summed E-state index contributed by atoms with van der Waals surface area (Å²) in [5.74, 6) is -4.05. The van der Waals surface area contributed by atoms with Crippen LogP contribution in [0.3, 0.4) is 0 Å². The van der Waals surface area contributed by atoms with Crippen LogP contribution in [0.25, 0.3) is 0 Å². The van der Waals surface area contributed by atoms with E-state index < -0.39 is 24.2 Å². The standard InChI is InChI=1S/C5H5FO4/c6-3(1-4(7)8)2-5(9)10/h1H,2H2,(H,7,8)(H,9,10). The minimum atomic E-state index is -1.49. The van der Waals surface area contributed by atoms with Crippen molar-refractivity contribution in [1.29, 1.82) is 0 Å². The van der Waals surface area contributed by atoms with Gasteiger partial charge >= 0.3 is 11.9 Å². The molecule has 0 saturated heterocycles. The minimum absolute atomic E-state index is 0.216. The lowest BCUT2D eigenvalue weighted by Crippen LogP contribution is -1.96. The van der Waals surface area contributed by atoms with Gasteiger partial charge < -0.3 is 10.2 Å². The van der Waals surface area contributed by atoms with Gasteiger partial charge in [0.05, 0.1) is 12.5 Å². The third-order valence-electron chi connectivity index (χ3n) is 0.600. The van der Waals surface area contributed by atoms with Crippen molar-refractivity contribution < 1.29 is 24.2 Å². The van der Waals surface area contributed by atoms with E-state index in [4.69, 9.17) is 10.2 Å². The van der Waals surface area contributed by atoms with Crippen molar-refractivity contribution >= 4 is 11.9 Å². The van der Waals surface area contributed by atoms with Crippen molar-refractivity contribution in [3.63, 3.8) is 0 Å². The summed E-state index contributed by atoms with van der Waals surface area (Å²) in [6.07, 6.45) is -0.666. The molecule has 56 valence electrons. The fourth-order valence-corrected chi connectivity index (χ4v) is 0.329. The SMILES string of the molecule is O=C(O)C=C(F)CC(=O)O. The van der Waals surface area contributed by atoms with Crippen LogP contribution in [0.15, 0.2) is 11.9 Å². The Hall–Kier alpha value is -1.39. The lowest BCUT2D eigenvalue weighted by Gasteiger charge is -1.87. The molecule has 4 nitrogen and oxygen atoms in total. The molecule has 0 aliphatic heterocycles. The molecule has 10 heavy (non-hydrogen) atoms. The lowest BCUT2D eigenvalue weighted by molar-refractivity contribution is -0.136. The molecule has 0 radical (unpaired) electrons. The monoisotopic (exact) mass is 148 g/mol. The van der Waals surface area contributed by atoms with Crippen LogP contribution in [0.1, 0.15) is 6.42 Å². The number of hydrogen-bond acceptors (Lipinski definition) is 2. The van der Waals surface area contributed by atoms with Gasteiger partial charge in [0.1, 0.15) is 5.83 Å². The predicted molar refractivity (Wildman–Crippen MR) is 29.1 cm³/mol. The summed E-state index contributed by atoms with van der Waals surface area (Å²) >= 11 is 0. The number of rotatable bonds is 3. The molecule has 0 aromatic heterocycles. The molecule has 0 atom stereocenters. The van der Waals surface area contributed by atoms with Crippen molar-refractivity contribution in [2.75, 3.05) is 0 Å².